The Balaban J connectivity index is 1.74. The van der Waals surface area contributed by atoms with E-state index in [0.717, 1.165) is 11.1 Å². The summed E-state index contributed by atoms with van der Waals surface area (Å²) in [5.41, 5.74) is -0.269. The molecule has 1 heterocycles. The highest BCUT2D eigenvalue weighted by Gasteiger charge is 2.58. The summed E-state index contributed by atoms with van der Waals surface area (Å²) in [4.78, 5) is 24.4. The molecule has 6 atom stereocenters. The molecule has 40 heavy (non-hydrogen) atoms. The van der Waals surface area contributed by atoms with Crippen LogP contribution in [0.4, 0.5) is 0 Å². The van der Waals surface area contributed by atoms with Crippen LogP contribution in [0.2, 0.25) is 0 Å². The highest BCUT2D eigenvalue weighted by Crippen LogP contribution is 2.38. The molecule has 0 amide bonds. The molecular weight excluding hydrogens is 512 g/mol. The van der Waals surface area contributed by atoms with E-state index >= 15 is 0 Å². The first-order valence-electron chi connectivity index (χ1n) is 13.8. The fourth-order valence-electron chi connectivity index (χ4n) is 4.76. The lowest BCUT2D eigenvalue weighted by Crippen LogP contribution is -2.70. The first kappa shape index (κ1) is 28.3. The van der Waals surface area contributed by atoms with Crippen LogP contribution in [0.1, 0.15) is 37.8 Å². The van der Waals surface area contributed by atoms with Crippen LogP contribution in [-0.4, -0.2) is 63.2 Å². The minimum absolute atomic E-state index is 0.00274. The van der Waals surface area contributed by atoms with Gasteiger partial charge in [-0.25, -0.2) is 0 Å². The van der Waals surface area contributed by atoms with Gasteiger partial charge in [0.2, 0.25) is 0 Å². The summed E-state index contributed by atoms with van der Waals surface area (Å²) in [7, 11) is 0. The second-order valence-electron chi connectivity index (χ2n) is 10.1. The Hall–Kier alpha value is -3.24. The molecule has 1 fully saturated rings. The van der Waals surface area contributed by atoms with Crippen molar-refractivity contribution in [2.75, 3.05) is 0 Å². The smallest absolute Gasteiger partial charge is 0.187 e. The zero-order valence-electron chi connectivity index (χ0n) is 23.4. The van der Waals surface area contributed by atoms with Crippen molar-refractivity contribution in [1.82, 2.24) is 0 Å². The molecule has 212 valence electrons. The van der Waals surface area contributed by atoms with Crippen LogP contribution < -0.4 is 0 Å². The van der Waals surface area contributed by atoms with Crippen molar-refractivity contribution in [2.24, 2.45) is 0 Å². The lowest BCUT2D eigenvalue weighted by Gasteiger charge is -2.50. The molecule has 1 unspecified atom stereocenters. The summed E-state index contributed by atoms with van der Waals surface area (Å²) in [6, 6.07) is 27.0. The maximum Gasteiger partial charge on any atom is 0.187 e. The fraction of sp³-hybridized carbons (Fsp3) is 0.375. The molecule has 0 aliphatic carbocycles. The largest absolute Gasteiger partial charge is 0.382 e. The second-order valence-corrected chi connectivity index (χ2v) is 10.1. The lowest BCUT2D eigenvalue weighted by atomic mass is 9.79. The molecule has 0 saturated carbocycles. The molecule has 1 aliphatic heterocycles. The van der Waals surface area contributed by atoms with Crippen molar-refractivity contribution in [3.63, 3.8) is 0 Å². The van der Waals surface area contributed by atoms with Crippen molar-refractivity contribution in [2.45, 2.75) is 75.7 Å². The molecule has 4 rings (SSSR count). The minimum Gasteiger partial charge on any atom is -0.382 e. The van der Waals surface area contributed by atoms with E-state index in [4.69, 9.17) is 15.6 Å². The fourth-order valence-corrected chi connectivity index (χ4v) is 4.76. The van der Waals surface area contributed by atoms with Crippen LogP contribution in [-0.2, 0) is 43.4 Å². The molecule has 0 bridgehead atoms. The predicted octanol–water partition coefficient (Wildman–Crippen LogP) is 3.15. The standard InChI is InChI=1S/C32H36O8/c1-22(33)17-18-26(34)27(35)28-29(38-20-24-13-7-3-8-14-24)30(39-21-25-15-9-4-10-16-25)32(37,31(36)40-28)19-23-11-5-2-6-12-23/h2-16,27-31,35-37H,17-21H2,1H3/t27?,28-,29+,30+,31+,32-/m1/s1/i31D. The van der Waals surface area contributed by atoms with Gasteiger partial charge in [-0.1, -0.05) is 91.0 Å². The van der Waals surface area contributed by atoms with Crippen LogP contribution in [0.25, 0.3) is 0 Å². The normalized spacial score (nSPS) is 27.5. The summed E-state index contributed by atoms with van der Waals surface area (Å²) < 4.78 is 26.8. The lowest BCUT2D eigenvalue weighted by molar-refractivity contribution is -0.349. The Morgan fingerprint density at radius 2 is 1.38 bits per heavy atom. The zero-order chi connectivity index (χ0) is 29.5. The molecule has 8 heteroatoms. The van der Waals surface area contributed by atoms with Crippen molar-refractivity contribution in [1.29, 1.82) is 0 Å². The molecule has 8 nitrogen and oxygen atoms in total. The van der Waals surface area contributed by atoms with Crippen LogP contribution in [0.3, 0.4) is 0 Å². The van der Waals surface area contributed by atoms with Gasteiger partial charge in [0.05, 0.1) is 14.6 Å². The summed E-state index contributed by atoms with van der Waals surface area (Å²) in [6.07, 6.45) is -9.79. The van der Waals surface area contributed by atoms with Crippen molar-refractivity contribution in [3.8, 4) is 0 Å². The topological polar surface area (TPSA) is 123 Å². The zero-order valence-corrected chi connectivity index (χ0v) is 22.4. The third kappa shape index (κ3) is 7.48. The van der Waals surface area contributed by atoms with Gasteiger partial charge in [-0.2, -0.15) is 0 Å². The highest BCUT2D eigenvalue weighted by atomic mass is 16.7. The Kier molecular flexibility index (Phi) is 9.83. The number of Topliss-reactive ketones (excluding diaryl/α,β-unsaturated/α-hetero) is 2. The van der Waals surface area contributed by atoms with Gasteiger partial charge in [-0.3, -0.25) is 4.79 Å². The van der Waals surface area contributed by atoms with Gasteiger partial charge in [0.25, 0.3) is 0 Å². The Morgan fingerprint density at radius 3 is 1.90 bits per heavy atom. The van der Waals surface area contributed by atoms with E-state index in [-0.39, 0.29) is 38.3 Å². The number of hydrogen-bond donors (Lipinski definition) is 3. The number of carbonyl (C=O) groups is 2. The SMILES string of the molecule is [2H][C@]1(O)O[C@H](C(O)C(=O)CCC(C)=O)[C@H](OCc2ccccc2)[C@H](OCc2ccccc2)[C@]1(O)Cc1ccccc1. The third-order valence-corrected chi connectivity index (χ3v) is 6.95. The van der Waals surface area contributed by atoms with E-state index in [1.165, 1.54) is 6.92 Å². The number of rotatable bonds is 13. The summed E-state index contributed by atoms with van der Waals surface area (Å²) in [6.45, 7) is 1.32. The molecular formula is C32H36O8. The molecule has 1 aliphatic rings. The molecule has 0 aromatic heterocycles. The number of ketones is 2. The second kappa shape index (κ2) is 13.9. The first-order valence-corrected chi connectivity index (χ1v) is 13.3. The maximum absolute atomic E-state index is 12.9. The van der Waals surface area contributed by atoms with E-state index in [1.807, 2.05) is 60.7 Å². The number of benzene rings is 3. The van der Waals surface area contributed by atoms with Crippen molar-refractivity contribution < 1.29 is 40.5 Å². The predicted molar refractivity (Wildman–Crippen MR) is 147 cm³/mol. The highest BCUT2D eigenvalue weighted by molar-refractivity contribution is 5.88. The Bertz CT molecular complexity index is 1270. The van der Waals surface area contributed by atoms with Gasteiger partial charge in [0.1, 0.15) is 35.8 Å². The Labute approximate surface area is 235 Å². The van der Waals surface area contributed by atoms with Gasteiger partial charge in [-0.15, -0.1) is 0 Å². The van der Waals surface area contributed by atoms with Gasteiger partial charge in [0.15, 0.2) is 12.0 Å². The number of carbonyl (C=O) groups excluding carboxylic acids is 2. The number of ether oxygens (including phenoxy) is 3. The summed E-state index contributed by atoms with van der Waals surface area (Å²) in [5, 5.41) is 34.5. The van der Waals surface area contributed by atoms with Gasteiger partial charge < -0.3 is 34.3 Å². The van der Waals surface area contributed by atoms with E-state index < -0.39 is 42.1 Å². The third-order valence-electron chi connectivity index (χ3n) is 6.95. The Morgan fingerprint density at radius 1 is 0.875 bits per heavy atom. The summed E-state index contributed by atoms with van der Waals surface area (Å²) in [5.74, 6) is -0.949. The van der Waals surface area contributed by atoms with Crippen molar-refractivity contribution >= 4 is 11.6 Å². The minimum atomic E-state index is -3.01. The van der Waals surface area contributed by atoms with Gasteiger partial charge in [0, 0.05) is 19.3 Å². The molecule has 0 spiro atoms. The number of hydrogen-bond acceptors (Lipinski definition) is 8. The van der Waals surface area contributed by atoms with E-state index in [1.54, 1.807) is 30.3 Å². The molecule has 3 aromatic carbocycles. The average molecular weight is 550 g/mol. The van der Waals surface area contributed by atoms with Crippen LogP contribution in [0.15, 0.2) is 91.0 Å². The van der Waals surface area contributed by atoms with Crippen LogP contribution in [0.5, 0.6) is 0 Å². The van der Waals surface area contributed by atoms with Crippen molar-refractivity contribution in [3.05, 3.63) is 108 Å². The quantitative estimate of drug-likeness (QED) is 0.297. The van der Waals surface area contributed by atoms with E-state index in [9.17, 15) is 24.9 Å². The van der Waals surface area contributed by atoms with Crippen LogP contribution >= 0.6 is 0 Å². The number of aliphatic hydroxyl groups excluding tert-OH is 1. The van der Waals surface area contributed by atoms with E-state index in [0.29, 0.717) is 5.56 Å². The first-order chi connectivity index (χ1) is 19.6. The molecule has 0 radical (unpaired) electrons. The molecule has 1 saturated heterocycles. The van der Waals surface area contributed by atoms with Gasteiger partial charge >= 0.3 is 0 Å². The molecule has 3 aromatic rings. The average Bonchev–Trinajstić information content (AvgIpc) is 2.97. The van der Waals surface area contributed by atoms with Crippen LogP contribution in [0, 0.1) is 0 Å². The summed E-state index contributed by atoms with van der Waals surface area (Å²) >= 11 is 0. The maximum atomic E-state index is 12.9. The monoisotopic (exact) mass is 549 g/mol. The van der Waals surface area contributed by atoms with E-state index in [2.05, 4.69) is 0 Å². The van der Waals surface area contributed by atoms with Gasteiger partial charge in [-0.05, 0) is 23.6 Å². The number of aliphatic hydroxyl groups is 3. The molecule has 3 N–H and O–H groups in total.